The van der Waals surface area contributed by atoms with Crippen molar-refractivity contribution in [1.82, 2.24) is 10.6 Å². The van der Waals surface area contributed by atoms with Crippen molar-refractivity contribution in [2.24, 2.45) is 10.9 Å². The van der Waals surface area contributed by atoms with Gasteiger partial charge in [-0.2, -0.15) is 0 Å². The van der Waals surface area contributed by atoms with Gasteiger partial charge >= 0.3 is 0 Å². The summed E-state index contributed by atoms with van der Waals surface area (Å²) in [5.74, 6) is 1.51. The first-order valence-corrected chi connectivity index (χ1v) is 8.02. The Balaban J connectivity index is 1.73. The predicted octanol–water partition coefficient (Wildman–Crippen LogP) is 2.95. The number of nitrogens with zero attached hydrogens (tertiary/aromatic N) is 1. The van der Waals surface area contributed by atoms with E-state index in [4.69, 9.17) is 4.74 Å². The number of benzene rings is 1. The molecule has 1 aromatic carbocycles. The van der Waals surface area contributed by atoms with Gasteiger partial charge in [-0.05, 0) is 37.8 Å². The van der Waals surface area contributed by atoms with Crippen LogP contribution in [0.2, 0.25) is 0 Å². The number of aliphatic imine (C=N–C) groups is 1. The number of hydrogen-bond donors (Lipinski definition) is 2. The molecule has 2 N–H and O–H groups in total. The molecule has 2 rings (SSSR count). The highest BCUT2D eigenvalue weighted by molar-refractivity contribution is 5.80. The van der Waals surface area contributed by atoms with Gasteiger partial charge in [0.15, 0.2) is 17.5 Å². The summed E-state index contributed by atoms with van der Waals surface area (Å²) in [6, 6.07) is 6.99. The van der Waals surface area contributed by atoms with E-state index in [1.54, 1.807) is 25.2 Å². The van der Waals surface area contributed by atoms with Gasteiger partial charge < -0.3 is 15.4 Å². The van der Waals surface area contributed by atoms with Crippen LogP contribution in [0.1, 0.15) is 33.1 Å². The van der Waals surface area contributed by atoms with Gasteiger partial charge in [-0.1, -0.05) is 25.5 Å². The molecule has 0 saturated heterocycles. The fraction of sp³-hybridized carbons (Fsp3) is 0.588. The molecule has 1 aromatic rings. The Morgan fingerprint density at radius 2 is 2.23 bits per heavy atom. The van der Waals surface area contributed by atoms with E-state index < -0.39 is 0 Å². The van der Waals surface area contributed by atoms with Gasteiger partial charge in [0.25, 0.3) is 0 Å². The van der Waals surface area contributed by atoms with Crippen LogP contribution in [-0.2, 0) is 0 Å². The molecular formula is C17H26FN3O. The molecule has 0 aromatic heterocycles. The van der Waals surface area contributed by atoms with E-state index in [2.05, 4.69) is 22.5 Å². The SMILES string of the molecule is CCCC1CC1NC(=NC)NCC(C)Oc1ccccc1F. The highest BCUT2D eigenvalue weighted by Crippen LogP contribution is 2.34. The molecule has 0 heterocycles. The molecule has 1 fully saturated rings. The van der Waals surface area contributed by atoms with Crippen LogP contribution in [-0.4, -0.2) is 31.7 Å². The first-order valence-electron chi connectivity index (χ1n) is 8.02. The lowest BCUT2D eigenvalue weighted by atomic mass is 10.2. The van der Waals surface area contributed by atoms with Crippen molar-refractivity contribution in [1.29, 1.82) is 0 Å². The zero-order valence-corrected chi connectivity index (χ0v) is 13.6. The number of halogens is 1. The summed E-state index contributed by atoms with van der Waals surface area (Å²) in [5.41, 5.74) is 0. The molecule has 0 amide bonds. The Labute approximate surface area is 132 Å². The number of guanidine groups is 1. The second-order valence-electron chi connectivity index (χ2n) is 5.85. The maximum absolute atomic E-state index is 13.5. The molecule has 1 saturated carbocycles. The Morgan fingerprint density at radius 1 is 1.45 bits per heavy atom. The molecule has 0 aliphatic heterocycles. The summed E-state index contributed by atoms with van der Waals surface area (Å²) in [4.78, 5) is 4.22. The highest BCUT2D eigenvalue weighted by atomic mass is 19.1. The molecular weight excluding hydrogens is 281 g/mol. The smallest absolute Gasteiger partial charge is 0.191 e. The normalized spacial score (nSPS) is 22.1. The van der Waals surface area contributed by atoms with Crippen LogP contribution in [0.5, 0.6) is 5.75 Å². The molecule has 5 heteroatoms. The Morgan fingerprint density at radius 3 is 2.91 bits per heavy atom. The molecule has 4 nitrogen and oxygen atoms in total. The number of para-hydroxylation sites is 1. The molecule has 3 atom stereocenters. The van der Waals surface area contributed by atoms with Crippen LogP contribution in [0.3, 0.4) is 0 Å². The largest absolute Gasteiger partial charge is 0.486 e. The van der Waals surface area contributed by atoms with E-state index in [0.29, 0.717) is 12.6 Å². The molecule has 0 bridgehead atoms. The number of hydrogen-bond acceptors (Lipinski definition) is 2. The van der Waals surface area contributed by atoms with Crippen molar-refractivity contribution in [3.05, 3.63) is 30.1 Å². The maximum atomic E-state index is 13.5. The molecule has 0 spiro atoms. The van der Waals surface area contributed by atoms with E-state index in [0.717, 1.165) is 11.9 Å². The van der Waals surface area contributed by atoms with Crippen molar-refractivity contribution in [2.75, 3.05) is 13.6 Å². The van der Waals surface area contributed by atoms with Crippen molar-refractivity contribution in [2.45, 2.75) is 45.3 Å². The average molecular weight is 307 g/mol. The minimum atomic E-state index is -0.336. The summed E-state index contributed by atoms with van der Waals surface area (Å²) in [7, 11) is 1.76. The number of rotatable bonds is 7. The lowest BCUT2D eigenvalue weighted by Crippen LogP contribution is -2.43. The van der Waals surface area contributed by atoms with Crippen molar-refractivity contribution >= 4 is 5.96 Å². The van der Waals surface area contributed by atoms with Gasteiger partial charge in [-0.3, -0.25) is 4.99 Å². The Kier molecular flexibility index (Phi) is 6.04. The van der Waals surface area contributed by atoms with Gasteiger partial charge in [0.05, 0.1) is 6.54 Å². The van der Waals surface area contributed by atoms with Gasteiger partial charge in [-0.15, -0.1) is 0 Å². The van der Waals surface area contributed by atoms with E-state index in [-0.39, 0.29) is 17.7 Å². The van der Waals surface area contributed by atoms with Crippen molar-refractivity contribution in [3.8, 4) is 5.75 Å². The van der Waals surface area contributed by atoms with Crippen LogP contribution in [0.4, 0.5) is 4.39 Å². The summed E-state index contributed by atoms with van der Waals surface area (Å²) < 4.78 is 19.1. The van der Waals surface area contributed by atoms with E-state index in [1.165, 1.54) is 25.3 Å². The molecule has 0 radical (unpaired) electrons. The van der Waals surface area contributed by atoms with Crippen LogP contribution in [0.25, 0.3) is 0 Å². The van der Waals surface area contributed by atoms with Crippen LogP contribution in [0.15, 0.2) is 29.3 Å². The zero-order valence-electron chi connectivity index (χ0n) is 13.6. The summed E-state index contributed by atoms with van der Waals surface area (Å²) >= 11 is 0. The third-order valence-corrected chi connectivity index (χ3v) is 3.85. The Bertz CT molecular complexity index is 506. The summed E-state index contributed by atoms with van der Waals surface area (Å²) in [6.07, 6.45) is 3.56. The summed E-state index contributed by atoms with van der Waals surface area (Å²) in [6.45, 7) is 4.69. The van der Waals surface area contributed by atoms with Gasteiger partial charge in [0, 0.05) is 13.1 Å². The second kappa shape index (κ2) is 8.01. The van der Waals surface area contributed by atoms with Crippen LogP contribution in [0, 0.1) is 11.7 Å². The fourth-order valence-corrected chi connectivity index (χ4v) is 2.52. The highest BCUT2D eigenvalue weighted by Gasteiger charge is 2.36. The zero-order chi connectivity index (χ0) is 15.9. The minimum Gasteiger partial charge on any atom is -0.486 e. The summed E-state index contributed by atoms with van der Waals surface area (Å²) in [5, 5.41) is 6.65. The number of ether oxygens (including phenoxy) is 1. The third-order valence-electron chi connectivity index (χ3n) is 3.85. The van der Waals surface area contributed by atoms with Crippen molar-refractivity contribution in [3.63, 3.8) is 0 Å². The maximum Gasteiger partial charge on any atom is 0.191 e. The third kappa shape index (κ3) is 4.90. The van der Waals surface area contributed by atoms with Gasteiger partial charge in [0.2, 0.25) is 0 Å². The lowest BCUT2D eigenvalue weighted by Gasteiger charge is -2.18. The Hall–Kier alpha value is -1.78. The van der Waals surface area contributed by atoms with Gasteiger partial charge in [-0.25, -0.2) is 4.39 Å². The first-order chi connectivity index (χ1) is 10.6. The molecule has 3 unspecified atom stereocenters. The second-order valence-corrected chi connectivity index (χ2v) is 5.85. The predicted molar refractivity (Wildman–Crippen MR) is 87.8 cm³/mol. The van der Waals surface area contributed by atoms with E-state index in [1.807, 2.05) is 6.92 Å². The van der Waals surface area contributed by atoms with Gasteiger partial charge in [0.1, 0.15) is 6.10 Å². The molecule has 1 aliphatic rings. The molecule has 122 valence electrons. The molecule has 1 aliphatic carbocycles. The van der Waals surface area contributed by atoms with E-state index in [9.17, 15) is 4.39 Å². The quantitative estimate of drug-likeness (QED) is 0.601. The van der Waals surface area contributed by atoms with Crippen LogP contribution < -0.4 is 15.4 Å². The molecule has 22 heavy (non-hydrogen) atoms. The number of nitrogens with one attached hydrogen (secondary N) is 2. The average Bonchev–Trinajstić information content (AvgIpc) is 3.24. The van der Waals surface area contributed by atoms with Crippen molar-refractivity contribution < 1.29 is 9.13 Å². The first kappa shape index (κ1) is 16.6. The fourth-order valence-electron chi connectivity index (χ4n) is 2.52. The minimum absolute atomic E-state index is 0.152. The standard InChI is InChI=1S/C17H26FN3O/c1-4-7-13-10-15(13)21-17(19-3)20-11-12(2)22-16-9-6-5-8-14(16)18/h5-6,8-9,12-13,15H,4,7,10-11H2,1-3H3,(H2,19,20,21). The van der Waals surface area contributed by atoms with Crippen LogP contribution >= 0.6 is 0 Å². The van der Waals surface area contributed by atoms with E-state index >= 15 is 0 Å². The topological polar surface area (TPSA) is 45.7 Å². The monoisotopic (exact) mass is 307 g/mol. The lowest BCUT2D eigenvalue weighted by molar-refractivity contribution is 0.214.